The molecule has 2 N–H and O–H groups in total. The Bertz CT molecular complexity index is 225. The van der Waals surface area contributed by atoms with Crippen molar-refractivity contribution in [1.82, 2.24) is 0 Å². The molecule has 0 aromatic heterocycles. The van der Waals surface area contributed by atoms with Crippen LogP contribution in [-0.2, 0) is 6.18 Å². The highest BCUT2D eigenvalue weighted by Crippen LogP contribution is 2.28. The summed E-state index contributed by atoms with van der Waals surface area (Å²) in [6, 6.07) is 6.36. The lowest BCUT2D eigenvalue weighted by molar-refractivity contribution is -0.137. The van der Waals surface area contributed by atoms with Gasteiger partial charge in [-0.25, -0.2) is 0 Å². The van der Waals surface area contributed by atoms with Crippen molar-refractivity contribution in [2.75, 3.05) is 0 Å². The van der Waals surface area contributed by atoms with Gasteiger partial charge in [0.15, 0.2) is 0 Å². The molecule has 6 heteroatoms. The second-order valence-corrected chi connectivity index (χ2v) is 2.01. The number of alkyl halides is 3. The molecule has 0 radical (unpaired) electrons. The predicted molar refractivity (Wildman–Crippen MR) is 43.0 cm³/mol. The zero-order valence-corrected chi connectivity index (χ0v) is 6.62. The lowest BCUT2D eigenvalue weighted by atomic mass is 10.2. The van der Waals surface area contributed by atoms with Crippen molar-refractivity contribution in [3.8, 4) is 0 Å². The fourth-order valence-corrected chi connectivity index (χ4v) is 0.627. The van der Waals surface area contributed by atoms with Crippen molar-refractivity contribution < 1.29 is 23.2 Å². The highest BCUT2D eigenvalue weighted by atomic mass is 19.4. The van der Waals surface area contributed by atoms with Crippen LogP contribution in [-0.4, -0.2) is 17.7 Å². The van der Waals surface area contributed by atoms with Crippen molar-refractivity contribution in [3.63, 3.8) is 0 Å². The molecule has 0 aliphatic rings. The summed E-state index contributed by atoms with van der Waals surface area (Å²) in [7, 11) is -0.750. The largest absolute Gasteiger partial charge is 0.432 e. The maximum absolute atomic E-state index is 11.8. The van der Waals surface area contributed by atoms with Crippen LogP contribution in [0, 0.1) is 0 Å². The Morgan fingerprint density at radius 1 is 1.00 bits per heavy atom. The molecule has 13 heavy (non-hydrogen) atoms. The van der Waals surface area contributed by atoms with Crippen LogP contribution in [0.4, 0.5) is 13.2 Å². The molecule has 0 atom stereocenters. The Morgan fingerprint density at radius 3 is 1.62 bits per heavy atom. The minimum atomic E-state index is -4.21. The average molecular weight is 192 g/mol. The van der Waals surface area contributed by atoms with E-state index >= 15 is 0 Å². The van der Waals surface area contributed by atoms with Gasteiger partial charge in [0.25, 0.3) is 0 Å². The van der Waals surface area contributed by atoms with Crippen LogP contribution in [0.1, 0.15) is 5.56 Å². The van der Waals surface area contributed by atoms with Crippen molar-refractivity contribution in [1.29, 1.82) is 0 Å². The normalized spacial score (nSPS) is 9.92. The smallest absolute Gasteiger partial charge is 0.430 e. The molecule has 0 bridgehead atoms. The molecule has 1 rings (SSSR count). The second kappa shape index (κ2) is 5.61. The quantitative estimate of drug-likeness (QED) is 0.600. The van der Waals surface area contributed by atoms with E-state index in [-0.39, 0.29) is 0 Å². The van der Waals surface area contributed by atoms with E-state index in [2.05, 4.69) is 0 Å². The number of benzene rings is 1. The third-order valence-electron chi connectivity index (χ3n) is 1.10. The maximum Gasteiger partial charge on any atom is 0.432 e. The van der Waals surface area contributed by atoms with Gasteiger partial charge in [-0.3, -0.25) is 0 Å². The molecule has 0 spiro atoms. The molecule has 0 unspecified atom stereocenters. The Labute approximate surface area is 73.9 Å². The lowest BCUT2D eigenvalue weighted by Crippen LogP contribution is -2.03. The van der Waals surface area contributed by atoms with Gasteiger partial charge in [0.05, 0.1) is 5.56 Å². The van der Waals surface area contributed by atoms with E-state index in [9.17, 15) is 13.2 Å². The topological polar surface area (TPSA) is 40.5 Å². The van der Waals surface area contributed by atoms with Gasteiger partial charge < -0.3 is 10.0 Å². The first-order valence-corrected chi connectivity index (χ1v) is 3.36. The van der Waals surface area contributed by atoms with Gasteiger partial charge >= 0.3 is 13.9 Å². The van der Waals surface area contributed by atoms with Crippen LogP contribution in [0.25, 0.3) is 0 Å². The fraction of sp³-hybridized carbons (Fsp3) is 0.143. The van der Waals surface area contributed by atoms with E-state index in [1.807, 2.05) is 0 Å². The van der Waals surface area contributed by atoms with E-state index in [4.69, 9.17) is 10.0 Å². The summed E-state index contributed by atoms with van der Waals surface area (Å²) in [5.74, 6) is 0. The molecule has 0 aliphatic heterocycles. The van der Waals surface area contributed by atoms with Gasteiger partial charge in [0.1, 0.15) is 0 Å². The Hall–Kier alpha value is -1.01. The van der Waals surface area contributed by atoms with Crippen LogP contribution >= 0.6 is 0 Å². The summed E-state index contributed by atoms with van der Waals surface area (Å²) < 4.78 is 35.4. The number of hydrogen-bond donors (Lipinski definition) is 2. The summed E-state index contributed by atoms with van der Waals surface area (Å²) in [5.41, 5.74) is -0.602. The van der Waals surface area contributed by atoms with Crippen LogP contribution < -0.4 is 0 Å². The zero-order chi connectivity index (χ0) is 10.3. The summed E-state index contributed by atoms with van der Waals surface area (Å²) >= 11 is 0. The van der Waals surface area contributed by atoms with Gasteiger partial charge in [-0.1, -0.05) is 30.3 Å². The molecular weight excluding hydrogens is 184 g/mol. The van der Waals surface area contributed by atoms with E-state index in [0.717, 1.165) is 12.1 Å². The van der Waals surface area contributed by atoms with E-state index in [1.165, 1.54) is 12.1 Å². The van der Waals surface area contributed by atoms with E-state index < -0.39 is 19.4 Å². The summed E-state index contributed by atoms with van der Waals surface area (Å²) in [5, 5.41) is 14.2. The minimum Gasteiger partial charge on any atom is -0.430 e. The van der Waals surface area contributed by atoms with Crippen LogP contribution in [0.2, 0.25) is 0 Å². The monoisotopic (exact) mass is 192 g/mol. The van der Waals surface area contributed by atoms with Crippen LogP contribution in [0.15, 0.2) is 30.3 Å². The first kappa shape index (κ1) is 12.0. The molecule has 1 aromatic rings. The molecule has 0 heterocycles. The lowest BCUT2D eigenvalue weighted by Gasteiger charge is -2.03. The SMILES string of the molecule is FC(F)(F)c1ccccc1.OBO. The fourth-order valence-electron chi connectivity index (χ4n) is 0.627. The molecule has 0 saturated heterocycles. The van der Waals surface area contributed by atoms with E-state index in [1.54, 1.807) is 6.07 Å². The van der Waals surface area contributed by atoms with Crippen molar-refractivity contribution >= 4 is 7.69 Å². The van der Waals surface area contributed by atoms with Crippen molar-refractivity contribution in [3.05, 3.63) is 35.9 Å². The molecule has 2 nitrogen and oxygen atoms in total. The third kappa shape index (κ3) is 5.27. The molecule has 0 saturated carbocycles. The molecule has 1 aromatic carbocycles. The maximum atomic E-state index is 11.8. The summed E-state index contributed by atoms with van der Waals surface area (Å²) in [4.78, 5) is 0. The molecule has 0 amide bonds. The van der Waals surface area contributed by atoms with Gasteiger partial charge in [-0.05, 0) is 0 Å². The summed E-state index contributed by atoms with van der Waals surface area (Å²) in [6.45, 7) is 0. The second-order valence-electron chi connectivity index (χ2n) is 2.01. The van der Waals surface area contributed by atoms with Crippen LogP contribution in [0.3, 0.4) is 0 Å². The zero-order valence-electron chi connectivity index (χ0n) is 6.62. The molecule has 0 aliphatic carbocycles. The minimum absolute atomic E-state index is 0.602. The highest BCUT2D eigenvalue weighted by molar-refractivity contribution is 6.13. The Morgan fingerprint density at radius 2 is 1.38 bits per heavy atom. The molecular formula is C7H8BF3O2. The number of hydrogen-bond acceptors (Lipinski definition) is 2. The third-order valence-corrected chi connectivity index (χ3v) is 1.10. The standard InChI is InChI=1S/C7H5F3.BH3O2/c8-7(9,10)6-4-2-1-3-5-6;2-1-3/h1-5H;1-3H. The highest BCUT2D eigenvalue weighted by Gasteiger charge is 2.29. The van der Waals surface area contributed by atoms with Gasteiger partial charge in [-0.15, -0.1) is 0 Å². The van der Waals surface area contributed by atoms with Crippen molar-refractivity contribution in [2.45, 2.75) is 6.18 Å². The average Bonchev–Trinajstić information content (AvgIpc) is 2.06. The predicted octanol–water partition coefficient (Wildman–Crippen LogP) is 0.943. The first-order chi connectivity index (χ1) is 6.02. The van der Waals surface area contributed by atoms with Gasteiger partial charge in [0.2, 0.25) is 0 Å². The number of halogens is 3. The summed E-state index contributed by atoms with van der Waals surface area (Å²) in [6.07, 6.45) is -4.21. The van der Waals surface area contributed by atoms with Gasteiger partial charge in [0, 0.05) is 0 Å². The van der Waals surface area contributed by atoms with Gasteiger partial charge in [-0.2, -0.15) is 13.2 Å². The molecule has 72 valence electrons. The van der Waals surface area contributed by atoms with Crippen LogP contribution in [0.5, 0.6) is 0 Å². The first-order valence-electron chi connectivity index (χ1n) is 3.36. The number of rotatable bonds is 0. The van der Waals surface area contributed by atoms with E-state index in [0.29, 0.717) is 0 Å². The molecule has 0 fully saturated rings. The Balaban J connectivity index is 0.000000424. The van der Waals surface area contributed by atoms with Crippen molar-refractivity contribution in [2.24, 2.45) is 0 Å². The Kier molecular flexibility index (Phi) is 5.17.